The molecule has 0 saturated carbocycles. The number of ether oxygens (including phenoxy) is 1. The van der Waals surface area contributed by atoms with E-state index < -0.39 is 0 Å². The molecule has 1 fully saturated rings. The summed E-state index contributed by atoms with van der Waals surface area (Å²) in [4.78, 5) is 16.8. The minimum Gasteiger partial charge on any atom is -0.394 e. The molecular weight excluding hydrogens is 286 g/mol. The molecule has 3 rings (SSSR count). The number of fused-ring (bicyclic) bond motifs is 1. The number of carbonyl (C=O) groups is 1. The predicted molar refractivity (Wildman–Crippen MR) is 82.8 cm³/mol. The first kappa shape index (κ1) is 15.0. The van der Waals surface area contributed by atoms with E-state index in [0.29, 0.717) is 13.1 Å². The first-order chi connectivity index (χ1) is 10.1. The highest BCUT2D eigenvalue weighted by Gasteiger charge is 2.30. The van der Waals surface area contributed by atoms with Crippen molar-refractivity contribution in [2.45, 2.75) is 45.3 Å². The fourth-order valence-corrected chi connectivity index (χ4v) is 4.46. The van der Waals surface area contributed by atoms with Crippen LogP contribution in [-0.2, 0) is 17.6 Å². The van der Waals surface area contributed by atoms with Crippen LogP contribution < -0.4 is 0 Å². The molecule has 3 atom stereocenters. The van der Waals surface area contributed by atoms with Crippen molar-refractivity contribution in [1.29, 1.82) is 0 Å². The van der Waals surface area contributed by atoms with Crippen LogP contribution in [0.4, 0.5) is 0 Å². The second kappa shape index (κ2) is 6.07. The maximum Gasteiger partial charge on any atom is 0.264 e. The van der Waals surface area contributed by atoms with Crippen LogP contribution in [-0.4, -0.2) is 47.8 Å². The Morgan fingerprint density at radius 1 is 1.48 bits per heavy atom. The zero-order valence-corrected chi connectivity index (χ0v) is 13.5. The molecule has 5 heteroatoms. The van der Waals surface area contributed by atoms with Crippen molar-refractivity contribution < 1.29 is 14.6 Å². The van der Waals surface area contributed by atoms with Gasteiger partial charge in [-0.05, 0) is 43.7 Å². The van der Waals surface area contributed by atoms with Gasteiger partial charge in [0.2, 0.25) is 0 Å². The van der Waals surface area contributed by atoms with Gasteiger partial charge in [-0.2, -0.15) is 0 Å². The molecule has 2 aliphatic rings. The van der Waals surface area contributed by atoms with Crippen molar-refractivity contribution in [2.75, 3.05) is 19.7 Å². The van der Waals surface area contributed by atoms with Crippen LogP contribution in [0.1, 0.15) is 40.4 Å². The summed E-state index contributed by atoms with van der Waals surface area (Å²) >= 11 is 1.65. The van der Waals surface area contributed by atoms with Crippen molar-refractivity contribution in [1.82, 2.24) is 4.90 Å². The molecule has 1 aliphatic carbocycles. The van der Waals surface area contributed by atoms with Gasteiger partial charge in [-0.15, -0.1) is 11.3 Å². The van der Waals surface area contributed by atoms with E-state index in [2.05, 4.69) is 13.0 Å². The van der Waals surface area contributed by atoms with Gasteiger partial charge in [-0.25, -0.2) is 0 Å². The van der Waals surface area contributed by atoms with E-state index in [1.165, 1.54) is 16.9 Å². The maximum absolute atomic E-state index is 12.7. The molecule has 1 aliphatic heterocycles. The molecule has 3 unspecified atom stereocenters. The molecule has 21 heavy (non-hydrogen) atoms. The summed E-state index contributed by atoms with van der Waals surface area (Å²) in [6.45, 7) is 5.28. The van der Waals surface area contributed by atoms with Crippen LogP contribution in [0.2, 0.25) is 0 Å². The Morgan fingerprint density at radius 2 is 2.29 bits per heavy atom. The van der Waals surface area contributed by atoms with Gasteiger partial charge in [-0.1, -0.05) is 6.92 Å². The molecule has 4 nitrogen and oxygen atoms in total. The molecule has 1 aromatic rings. The van der Waals surface area contributed by atoms with E-state index in [9.17, 15) is 9.90 Å². The van der Waals surface area contributed by atoms with E-state index in [0.717, 1.165) is 23.6 Å². The largest absolute Gasteiger partial charge is 0.394 e. The Labute approximate surface area is 129 Å². The van der Waals surface area contributed by atoms with Crippen molar-refractivity contribution in [3.05, 3.63) is 21.4 Å². The maximum atomic E-state index is 12.7. The highest BCUT2D eigenvalue weighted by atomic mass is 32.1. The highest BCUT2D eigenvalue weighted by Crippen LogP contribution is 2.33. The van der Waals surface area contributed by atoms with Gasteiger partial charge >= 0.3 is 0 Å². The molecule has 2 heterocycles. The van der Waals surface area contributed by atoms with Gasteiger partial charge in [0.25, 0.3) is 5.91 Å². The van der Waals surface area contributed by atoms with Crippen molar-refractivity contribution in [3.8, 4) is 0 Å². The van der Waals surface area contributed by atoms with E-state index in [4.69, 9.17) is 4.74 Å². The average Bonchev–Trinajstić information content (AvgIpc) is 2.88. The summed E-state index contributed by atoms with van der Waals surface area (Å²) in [5, 5.41) is 9.28. The molecule has 0 bridgehead atoms. The van der Waals surface area contributed by atoms with Gasteiger partial charge in [0, 0.05) is 18.0 Å². The van der Waals surface area contributed by atoms with Gasteiger partial charge in [0.15, 0.2) is 0 Å². The van der Waals surface area contributed by atoms with Crippen LogP contribution in [0.15, 0.2) is 6.07 Å². The quantitative estimate of drug-likeness (QED) is 0.910. The number of hydrogen-bond donors (Lipinski definition) is 1. The van der Waals surface area contributed by atoms with Gasteiger partial charge < -0.3 is 14.7 Å². The Bertz CT molecular complexity index is 528. The van der Waals surface area contributed by atoms with E-state index >= 15 is 0 Å². The molecule has 1 saturated heterocycles. The van der Waals surface area contributed by atoms with Gasteiger partial charge in [0.1, 0.15) is 0 Å². The third kappa shape index (κ3) is 3.15. The third-order valence-corrected chi connectivity index (χ3v) is 5.58. The minimum atomic E-state index is -0.257. The normalized spacial score (nSPS) is 29.3. The van der Waals surface area contributed by atoms with Gasteiger partial charge in [-0.3, -0.25) is 4.79 Å². The van der Waals surface area contributed by atoms with Crippen molar-refractivity contribution in [2.24, 2.45) is 5.92 Å². The van der Waals surface area contributed by atoms with E-state index in [-0.39, 0.29) is 24.7 Å². The number of aryl methyl sites for hydroxylation is 1. The number of amides is 1. The molecule has 0 spiro atoms. The Hall–Kier alpha value is -0.910. The summed E-state index contributed by atoms with van der Waals surface area (Å²) in [6, 6.07) is 2.09. The Balaban J connectivity index is 1.76. The smallest absolute Gasteiger partial charge is 0.264 e. The van der Waals surface area contributed by atoms with Crippen molar-refractivity contribution >= 4 is 17.2 Å². The third-order valence-electron chi connectivity index (χ3n) is 4.36. The number of rotatable bonds is 2. The second-order valence-electron chi connectivity index (χ2n) is 6.37. The summed E-state index contributed by atoms with van der Waals surface area (Å²) in [5.74, 6) is 0.813. The van der Waals surface area contributed by atoms with Crippen LogP contribution in [0.3, 0.4) is 0 Å². The summed E-state index contributed by atoms with van der Waals surface area (Å²) in [6.07, 6.45) is 3.15. The molecule has 1 amide bonds. The minimum absolute atomic E-state index is 0.0190. The van der Waals surface area contributed by atoms with E-state index in [1.54, 1.807) is 11.3 Å². The second-order valence-corrected chi connectivity index (χ2v) is 7.51. The highest BCUT2D eigenvalue weighted by molar-refractivity contribution is 7.14. The topological polar surface area (TPSA) is 49.8 Å². The van der Waals surface area contributed by atoms with Gasteiger partial charge in [0.05, 0.1) is 23.7 Å². The van der Waals surface area contributed by atoms with Crippen molar-refractivity contribution in [3.63, 3.8) is 0 Å². The van der Waals surface area contributed by atoms with E-state index in [1.807, 2.05) is 11.8 Å². The summed E-state index contributed by atoms with van der Waals surface area (Å²) in [5.41, 5.74) is 1.36. The molecule has 1 aromatic heterocycles. The molecule has 116 valence electrons. The SMILES string of the molecule is CC1CCc2sc(C(=O)N3CC(C)OC(CO)C3)cc2C1. The zero-order valence-electron chi connectivity index (χ0n) is 12.7. The number of hydrogen-bond acceptors (Lipinski definition) is 4. The number of thiophene rings is 1. The number of nitrogens with zero attached hydrogens (tertiary/aromatic N) is 1. The molecular formula is C16H23NO3S. The summed E-state index contributed by atoms with van der Waals surface area (Å²) in [7, 11) is 0. The Morgan fingerprint density at radius 3 is 3.05 bits per heavy atom. The fourth-order valence-electron chi connectivity index (χ4n) is 3.28. The lowest BCUT2D eigenvalue weighted by Crippen LogP contribution is -2.50. The van der Waals surface area contributed by atoms with Crippen LogP contribution >= 0.6 is 11.3 Å². The lowest BCUT2D eigenvalue weighted by Gasteiger charge is -2.35. The van der Waals surface area contributed by atoms with Crippen LogP contribution in [0, 0.1) is 5.92 Å². The number of aliphatic hydroxyl groups is 1. The number of morpholine rings is 1. The lowest BCUT2D eigenvalue weighted by atomic mass is 9.90. The fraction of sp³-hybridized carbons (Fsp3) is 0.688. The predicted octanol–water partition coefficient (Wildman–Crippen LogP) is 2.09. The lowest BCUT2D eigenvalue weighted by molar-refractivity contribution is -0.0857. The number of carbonyl (C=O) groups excluding carboxylic acids is 1. The standard InChI is InChI=1S/C16H23NO3S/c1-10-3-4-14-12(5-10)6-15(21-14)16(19)17-7-11(2)20-13(8-17)9-18/h6,10-11,13,18H,3-5,7-9H2,1-2H3. The summed E-state index contributed by atoms with van der Waals surface area (Å²) < 4.78 is 5.61. The van der Waals surface area contributed by atoms with Crippen LogP contribution in [0.5, 0.6) is 0 Å². The monoisotopic (exact) mass is 309 g/mol. The van der Waals surface area contributed by atoms with Crippen LogP contribution in [0.25, 0.3) is 0 Å². The average molecular weight is 309 g/mol. The Kier molecular flexibility index (Phi) is 4.33. The molecule has 0 radical (unpaired) electrons. The molecule has 0 aromatic carbocycles. The number of aliphatic hydroxyl groups excluding tert-OH is 1. The first-order valence-electron chi connectivity index (χ1n) is 7.74. The zero-order chi connectivity index (χ0) is 15.0. The molecule has 1 N–H and O–H groups in total. The first-order valence-corrected chi connectivity index (χ1v) is 8.55.